The fourth-order valence-corrected chi connectivity index (χ4v) is 0.835. The maximum atomic E-state index is 5.04. The van der Waals surface area contributed by atoms with Gasteiger partial charge in [-0.3, -0.25) is 0 Å². The van der Waals surface area contributed by atoms with Crippen molar-refractivity contribution in [3.05, 3.63) is 5.82 Å². The third-order valence-corrected chi connectivity index (χ3v) is 1.65. The molecule has 1 fully saturated rings. The number of hydrogen-bond acceptors (Lipinski definition) is 4. The molecule has 0 saturated carbocycles. The van der Waals surface area contributed by atoms with Gasteiger partial charge in [-0.25, -0.2) is 0 Å². The van der Waals surface area contributed by atoms with Crippen LogP contribution in [0.15, 0.2) is 0 Å². The summed E-state index contributed by atoms with van der Waals surface area (Å²) in [7, 11) is 0. The van der Waals surface area contributed by atoms with Crippen molar-refractivity contribution in [2.24, 2.45) is 0 Å². The topological polar surface area (TPSA) is 56.1 Å². The van der Waals surface area contributed by atoms with E-state index in [4.69, 9.17) is 4.74 Å². The second kappa shape index (κ2) is 2.26. The van der Waals surface area contributed by atoms with Gasteiger partial charge >= 0.3 is 0 Å². The molecule has 0 aromatic carbocycles. The summed E-state index contributed by atoms with van der Waals surface area (Å²) in [6.07, 6.45) is 0.0982. The van der Waals surface area contributed by atoms with Gasteiger partial charge in [0.15, 0.2) is 0 Å². The van der Waals surface area contributed by atoms with Crippen molar-refractivity contribution in [1.82, 2.24) is 20.2 Å². The molecule has 66 valence electrons. The molecular formula is C7H12N4O. The van der Waals surface area contributed by atoms with Crippen molar-refractivity contribution >= 4 is 0 Å². The first-order valence-electron chi connectivity index (χ1n) is 3.99. The Balaban J connectivity index is 2.23. The first-order chi connectivity index (χ1) is 5.57. The number of hydrogen-bond donors (Lipinski definition) is 0. The molecule has 0 aliphatic carbocycles. The predicted molar refractivity (Wildman–Crippen MR) is 41.5 cm³/mol. The molecule has 1 atom stereocenters. The number of epoxide rings is 1. The highest BCUT2D eigenvalue weighted by molar-refractivity contribution is 4.92. The second-order valence-electron chi connectivity index (χ2n) is 3.93. The van der Waals surface area contributed by atoms with E-state index in [0.29, 0.717) is 5.82 Å². The molecule has 0 bridgehead atoms. The molecule has 0 radical (unpaired) electrons. The molecule has 0 spiro atoms. The van der Waals surface area contributed by atoms with E-state index in [2.05, 4.69) is 15.4 Å². The van der Waals surface area contributed by atoms with E-state index in [1.165, 1.54) is 0 Å². The molecule has 1 aliphatic heterocycles. The van der Waals surface area contributed by atoms with Gasteiger partial charge in [0, 0.05) is 0 Å². The van der Waals surface area contributed by atoms with Gasteiger partial charge in [-0.2, -0.15) is 4.80 Å². The van der Waals surface area contributed by atoms with E-state index in [1.54, 1.807) is 4.80 Å². The fraction of sp³-hybridized carbons (Fsp3) is 0.857. The van der Waals surface area contributed by atoms with Crippen LogP contribution in [0.3, 0.4) is 0 Å². The summed E-state index contributed by atoms with van der Waals surface area (Å²) >= 11 is 0. The largest absolute Gasteiger partial charge is 0.364 e. The van der Waals surface area contributed by atoms with Crippen LogP contribution in [0, 0.1) is 0 Å². The fourth-order valence-electron chi connectivity index (χ4n) is 0.835. The summed E-state index contributed by atoms with van der Waals surface area (Å²) in [6, 6.07) is 0. The van der Waals surface area contributed by atoms with E-state index >= 15 is 0 Å². The lowest BCUT2D eigenvalue weighted by Gasteiger charge is -2.15. The van der Waals surface area contributed by atoms with E-state index in [9.17, 15) is 0 Å². The van der Waals surface area contributed by atoms with Crippen LogP contribution in [0.4, 0.5) is 0 Å². The minimum atomic E-state index is -0.0971. The van der Waals surface area contributed by atoms with Crippen molar-refractivity contribution < 1.29 is 4.74 Å². The van der Waals surface area contributed by atoms with Crippen molar-refractivity contribution in [2.75, 3.05) is 6.61 Å². The highest BCUT2D eigenvalue weighted by Gasteiger charge is 2.31. The number of aromatic nitrogens is 4. The number of rotatable bonds is 1. The molecular weight excluding hydrogens is 156 g/mol. The molecule has 12 heavy (non-hydrogen) atoms. The van der Waals surface area contributed by atoms with Crippen molar-refractivity contribution in [3.8, 4) is 0 Å². The van der Waals surface area contributed by atoms with Crippen LogP contribution < -0.4 is 0 Å². The summed E-state index contributed by atoms with van der Waals surface area (Å²) in [5.41, 5.74) is -0.0971. The Labute approximate surface area is 70.7 Å². The first-order valence-corrected chi connectivity index (χ1v) is 3.99. The van der Waals surface area contributed by atoms with Crippen molar-refractivity contribution in [1.29, 1.82) is 0 Å². The van der Waals surface area contributed by atoms with Crippen LogP contribution in [-0.4, -0.2) is 26.8 Å². The van der Waals surface area contributed by atoms with E-state index in [0.717, 1.165) is 6.61 Å². The molecule has 2 rings (SSSR count). The zero-order valence-electron chi connectivity index (χ0n) is 7.48. The Morgan fingerprint density at radius 3 is 2.58 bits per heavy atom. The van der Waals surface area contributed by atoms with Gasteiger partial charge in [0.25, 0.3) is 0 Å². The summed E-state index contributed by atoms with van der Waals surface area (Å²) < 4.78 is 5.04. The van der Waals surface area contributed by atoms with Gasteiger partial charge in [0.1, 0.15) is 6.10 Å². The molecule has 1 aromatic heterocycles. The zero-order valence-corrected chi connectivity index (χ0v) is 7.48. The SMILES string of the molecule is CC(C)(C)n1nnc([C@@H]2CO2)n1. The maximum absolute atomic E-state index is 5.04. The highest BCUT2D eigenvalue weighted by Crippen LogP contribution is 2.26. The molecule has 0 unspecified atom stereocenters. The van der Waals surface area contributed by atoms with Crippen molar-refractivity contribution in [3.63, 3.8) is 0 Å². The predicted octanol–water partition coefficient (Wildman–Crippen LogP) is 0.499. The van der Waals surface area contributed by atoms with Crippen LogP contribution in [0.5, 0.6) is 0 Å². The Morgan fingerprint density at radius 1 is 1.50 bits per heavy atom. The molecule has 1 saturated heterocycles. The van der Waals surface area contributed by atoms with Gasteiger partial charge in [-0.15, -0.1) is 10.2 Å². The molecule has 1 aromatic rings. The van der Waals surface area contributed by atoms with Gasteiger partial charge in [0.2, 0.25) is 5.82 Å². The maximum Gasteiger partial charge on any atom is 0.205 e. The van der Waals surface area contributed by atoms with Gasteiger partial charge in [-0.1, -0.05) is 0 Å². The molecule has 0 amide bonds. The highest BCUT2D eigenvalue weighted by atomic mass is 16.6. The van der Waals surface area contributed by atoms with Crippen molar-refractivity contribution in [2.45, 2.75) is 32.4 Å². The summed E-state index contributed by atoms with van der Waals surface area (Å²) in [4.78, 5) is 1.62. The molecule has 2 heterocycles. The second-order valence-corrected chi connectivity index (χ2v) is 3.93. The monoisotopic (exact) mass is 168 g/mol. The lowest BCUT2D eigenvalue weighted by molar-refractivity contribution is 0.304. The third kappa shape index (κ3) is 1.32. The lowest BCUT2D eigenvalue weighted by atomic mass is 10.1. The standard InChI is InChI=1S/C7H12N4O/c1-7(2,3)11-9-6(8-10-11)5-4-12-5/h5H,4H2,1-3H3/t5-/m0/s1. The van der Waals surface area contributed by atoms with Crippen LogP contribution in [-0.2, 0) is 10.3 Å². The van der Waals surface area contributed by atoms with Crippen LogP contribution >= 0.6 is 0 Å². The smallest absolute Gasteiger partial charge is 0.205 e. The summed E-state index contributed by atoms with van der Waals surface area (Å²) in [5, 5.41) is 12.1. The first kappa shape index (κ1) is 7.67. The van der Waals surface area contributed by atoms with E-state index < -0.39 is 0 Å². The lowest BCUT2D eigenvalue weighted by Crippen LogP contribution is -2.24. The number of tetrazole rings is 1. The molecule has 0 N–H and O–H groups in total. The summed E-state index contributed by atoms with van der Waals surface area (Å²) in [5.74, 6) is 0.699. The zero-order chi connectivity index (χ0) is 8.77. The van der Waals surface area contributed by atoms with Crippen LogP contribution in [0.25, 0.3) is 0 Å². The Bertz CT molecular complexity index is 284. The van der Waals surface area contributed by atoms with E-state index in [-0.39, 0.29) is 11.6 Å². The van der Waals surface area contributed by atoms with E-state index in [1.807, 2.05) is 20.8 Å². The number of nitrogens with zero attached hydrogens (tertiary/aromatic N) is 4. The van der Waals surface area contributed by atoms with Gasteiger partial charge < -0.3 is 4.74 Å². The average molecular weight is 168 g/mol. The molecule has 5 nitrogen and oxygen atoms in total. The van der Waals surface area contributed by atoms with Crippen LogP contribution in [0.2, 0.25) is 0 Å². The average Bonchev–Trinajstić information content (AvgIpc) is 2.66. The molecule has 5 heteroatoms. The quantitative estimate of drug-likeness (QED) is 0.573. The van der Waals surface area contributed by atoms with Gasteiger partial charge in [0.05, 0.1) is 12.1 Å². The minimum absolute atomic E-state index is 0.0971. The Hall–Kier alpha value is -0.970. The van der Waals surface area contributed by atoms with Gasteiger partial charge in [-0.05, 0) is 26.0 Å². The minimum Gasteiger partial charge on any atom is -0.364 e. The summed E-state index contributed by atoms with van der Waals surface area (Å²) in [6.45, 7) is 6.83. The Morgan fingerprint density at radius 2 is 2.17 bits per heavy atom. The normalized spacial score (nSPS) is 22.8. The Kier molecular flexibility index (Phi) is 1.44. The van der Waals surface area contributed by atoms with Crippen LogP contribution in [0.1, 0.15) is 32.7 Å². The molecule has 1 aliphatic rings. The number of ether oxygens (including phenoxy) is 1. The third-order valence-electron chi connectivity index (χ3n) is 1.65.